The number of hydrogen-bond donors (Lipinski definition) is 2. The zero-order valence-electron chi connectivity index (χ0n) is 9.79. The molecule has 88 valence electrons. The molecule has 1 saturated heterocycles. The number of nitrogen functional groups attached to an aromatic ring is 1. The summed E-state index contributed by atoms with van der Waals surface area (Å²) >= 11 is 0. The van der Waals surface area contributed by atoms with Crippen LogP contribution in [0, 0.1) is 6.92 Å². The van der Waals surface area contributed by atoms with Gasteiger partial charge >= 0.3 is 0 Å². The number of nitrogens with one attached hydrogen (secondary N) is 1. The highest BCUT2D eigenvalue weighted by atomic mass is 16.5. The van der Waals surface area contributed by atoms with Crippen LogP contribution in [0.15, 0.2) is 6.33 Å². The van der Waals surface area contributed by atoms with Crippen LogP contribution in [-0.2, 0) is 4.74 Å². The third-order valence-electron chi connectivity index (χ3n) is 3.14. The highest BCUT2D eigenvalue weighted by Gasteiger charge is 2.28. The van der Waals surface area contributed by atoms with Gasteiger partial charge in [0.25, 0.3) is 0 Å². The second kappa shape index (κ2) is 4.25. The van der Waals surface area contributed by atoms with Crippen LogP contribution in [0.3, 0.4) is 0 Å². The number of rotatable bonds is 2. The SMILES string of the molecule is Cc1c(N)ncnc1NC1(C)CCOCC1. The highest BCUT2D eigenvalue weighted by molar-refractivity contribution is 5.55. The van der Waals surface area contributed by atoms with E-state index in [2.05, 4.69) is 22.2 Å². The van der Waals surface area contributed by atoms with E-state index in [1.807, 2.05) is 6.92 Å². The maximum atomic E-state index is 5.75. The summed E-state index contributed by atoms with van der Waals surface area (Å²) < 4.78 is 5.36. The van der Waals surface area contributed by atoms with Crippen LogP contribution < -0.4 is 11.1 Å². The lowest BCUT2D eigenvalue weighted by molar-refractivity contribution is 0.0657. The van der Waals surface area contributed by atoms with Crippen molar-refractivity contribution in [3.05, 3.63) is 11.9 Å². The molecule has 0 aromatic carbocycles. The quantitative estimate of drug-likeness (QED) is 0.790. The van der Waals surface area contributed by atoms with Crippen LogP contribution in [0.5, 0.6) is 0 Å². The molecule has 1 aromatic heterocycles. The molecule has 0 saturated carbocycles. The van der Waals surface area contributed by atoms with Gasteiger partial charge in [0.05, 0.1) is 0 Å². The number of anilines is 2. The van der Waals surface area contributed by atoms with Crippen molar-refractivity contribution in [2.45, 2.75) is 32.2 Å². The Morgan fingerprint density at radius 3 is 2.75 bits per heavy atom. The van der Waals surface area contributed by atoms with Crippen LogP contribution in [0.4, 0.5) is 11.6 Å². The van der Waals surface area contributed by atoms with E-state index in [-0.39, 0.29) is 5.54 Å². The first-order valence-corrected chi connectivity index (χ1v) is 5.54. The number of hydrogen-bond acceptors (Lipinski definition) is 5. The monoisotopic (exact) mass is 222 g/mol. The first-order valence-electron chi connectivity index (χ1n) is 5.54. The average molecular weight is 222 g/mol. The highest BCUT2D eigenvalue weighted by Crippen LogP contribution is 2.26. The maximum absolute atomic E-state index is 5.75. The van der Waals surface area contributed by atoms with Crippen molar-refractivity contribution < 1.29 is 4.74 Å². The van der Waals surface area contributed by atoms with Gasteiger partial charge in [-0.2, -0.15) is 0 Å². The van der Waals surface area contributed by atoms with E-state index in [0.717, 1.165) is 37.4 Å². The fourth-order valence-electron chi connectivity index (χ4n) is 1.82. The predicted octanol–water partition coefficient (Wildman–Crippen LogP) is 1.35. The number of nitrogens with zero attached hydrogens (tertiary/aromatic N) is 2. The zero-order chi connectivity index (χ0) is 11.6. The third-order valence-corrected chi connectivity index (χ3v) is 3.14. The summed E-state index contributed by atoms with van der Waals surface area (Å²) in [5.41, 5.74) is 6.71. The molecule has 2 rings (SSSR count). The number of aromatic nitrogens is 2. The largest absolute Gasteiger partial charge is 0.383 e. The van der Waals surface area contributed by atoms with Crippen LogP contribution in [0.25, 0.3) is 0 Å². The first-order chi connectivity index (χ1) is 7.61. The van der Waals surface area contributed by atoms with Gasteiger partial charge in [-0.15, -0.1) is 0 Å². The summed E-state index contributed by atoms with van der Waals surface area (Å²) in [6.45, 7) is 5.71. The third kappa shape index (κ3) is 2.24. The maximum Gasteiger partial charge on any atom is 0.134 e. The molecule has 16 heavy (non-hydrogen) atoms. The fraction of sp³-hybridized carbons (Fsp3) is 0.636. The van der Waals surface area contributed by atoms with Crippen LogP contribution >= 0.6 is 0 Å². The van der Waals surface area contributed by atoms with Gasteiger partial charge in [0.1, 0.15) is 18.0 Å². The van der Waals surface area contributed by atoms with Gasteiger partial charge in [-0.25, -0.2) is 9.97 Å². The molecule has 1 aliphatic rings. The normalized spacial score (nSPS) is 19.4. The summed E-state index contributed by atoms with van der Waals surface area (Å²) in [4.78, 5) is 8.19. The van der Waals surface area contributed by atoms with Crippen molar-refractivity contribution >= 4 is 11.6 Å². The minimum atomic E-state index is 0.0454. The van der Waals surface area contributed by atoms with Crippen molar-refractivity contribution in [2.75, 3.05) is 24.3 Å². The first kappa shape index (κ1) is 11.1. The number of ether oxygens (including phenoxy) is 1. The Kier molecular flexibility index (Phi) is 2.96. The molecule has 3 N–H and O–H groups in total. The predicted molar refractivity (Wildman–Crippen MR) is 63.3 cm³/mol. The Morgan fingerprint density at radius 2 is 2.06 bits per heavy atom. The van der Waals surface area contributed by atoms with E-state index in [1.165, 1.54) is 6.33 Å². The lowest BCUT2D eigenvalue weighted by Gasteiger charge is -2.35. The Hall–Kier alpha value is -1.36. The van der Waals surface area contributed by atoms with Gasteiger partial charge in [0.2, 0.25) is 0 Å². The molecule has 1 fully saturated rings. The van der Waals surface area contributed by atoms with E-state index in [4.69, 9.17) is 10.5 Å². The smallest absolute Gasteiger partial charge is 0.134 e. The molecule has 0 aliphatic carbocycles. The standard InChI is InChI=1S/C11H18N4O/c1-8-9(12)13-7-14-10(8)15-11(2)3-5-16-6-4-11/h7H,3-6H2,1-2H3,(H3,12,13,14,15). The lowest BCUT2D eigenvalue weighted by Crippen LogP contribution is -2.41. The van der Waals surface area contributed by atoms with Crippen molar-refractivity contribution in [3.8, 4) is 0 Å². The van der Waals surface area contributed by atoms with Gasteiger partial charge in [0, 0.05) is 24.3 Å². The molecular formula is C11H18N4O. The molecule has 5 nitrogen and oxygen atoms in total. The Balaban J connectivity index is 2.16. The van der Waals surface area contributed by atoms with Gasteiger partial charge < -0.3 is 15.8 Å². The fourth-order valence-corrected chi connectivity index (χ4v) is 1.82. The van der Waals surface area contributed by atoms with Crippen LogP contribution in [0.1, 0.15) is 25.3 Å². The van der Waals surface area contributed by atoms with Gasteiger partial charge in [-0.05, 0) is 26.7 Å². The van der Waals surface area contributed by atoms with Crippen molar-refractivity contribution in [1.82, 2.24) is 9.97 Å². The molecule has 0 spiro atoms. The topological polar surface area (TPSA) is 73.1 Å². The van der Waals surface area contributed by atoms with Gasteiger partial charge in [-0.3, -0.25) is 0 Å². The van der Waals surface area contributed by atoms with Gasteiger partial charge in [-0.1, -0.05) is 0 Å². The summed E-state index contributed by atoms with van der Waals surface area (Å²) in [7, 11) is 0. The summed E-state index contributed by atoms with van der Waals surface area (Å²) in [5.74, 6) is 1.37. The molecule has 0 atom stereocenters. The lowest BCUT2D eigenvalue weighted by atomic mass is 9.92. The minimum Gasteiger partial charge on any atom is -0.383 e. The molecular weight excluding hydrogens is 204 g/mol. The zero-order valence-corrected chi connectivity index (χ0v) is 9.79. The molecule has 5 heteroatoms. The van der Waals surface area contributed by atoms with E-state index in [1.54, 1.807) is 0 Å². The van der Waals surface area contributed by atoms with E-state index in [0.29, 0.717) is 5.82 Å². The van der Waals surface area contributed by atoms with Crippen LogP contribution in [-0.4, -0.2) is 28.7 Å². The van der Waals surface area contributed by atoms with Crippen molar-refractivity contribution in [2.24, 2.45) is 0 Å². The molecule has 0 amide bonds. The summed E-state index contributed by atoms with van der Waals surface area (Å²) in [6, 6.07) is 0. The number of nitrogens with two attached hydrogens (primary N) is 1. The summed E-state index contributed by atoms with van der Waals surface area (Å²) in [5, 5.41) is 3.46. The molecule has 1 aromatic rings. The average Bonchev–Trinajstić information content (AvgIpc) is 2.26. The molecule has 0 unspecified atom stereocenters. The Bertz CT molecular complexity index is 374. The Labute approximate surface area is 95.4 Å². The van der Waals surface area contributed by atoms with Gasteiger partial charge in [0.15, 0.2) is 0 Å². The van der Waals surface area contributed by atoms with Crippen molar-refractivity contribution in [1.29, 1.82) is 0 Å². The minimum absolute atomic E-state index is 0.0454. The van der Waals surface area contributed by atoms with Crippen LogP contribution in [0.2, 0.25) is 0 Å². The van der Waals surface area contributed by atoms with E-state index >= 15 is 0 Å². The van der Waals surface area contributed by atoms with E-state index in [9.17, 15) is 0 Å². The second-order valence-corrected chi connectivity index (χ2v) is 4.53. The van der Waals surface area contributed by atoms with Crippen molar-refractivity contribution in [3.63, 3.8) is 0 Å². The molecule has 0 bridgehead atoms. The summed E-state index contributed by atoms with van der Waals surface area (Å²) in [6.07, 6.45) is 3.46. The van der Waals surface area contributed by atoms with E-state index < -0.39 is 0 Å². The molecule has 0 radical (unpaired) electrons. The molecule has 2 heterocycles. The second-order valence-electron chi connectivity index (χ2n) is 4.53. The molecule has 1 aliphatic heterocycles. The Morgan fingerprint density at radius 1 is 1.38 bits per heavy atom.